The molecule has 1 N–H and O–H groups in total. The van der Waals surface area contributed by atoms with Crippen molar-refractivity contribution in [2.75, 3.05) is 20.1 Å². The summed E-state index contributed by atoms with van der Waals surface area (Å²) >= 11 is 0. The molecular formula is C18H32N2. The maximum absolute atomic E-state index is 3.62. The summed E-state index contributed by atoms with van der Waals surface area (Å²) in [6, 6.07) is 9.33. The van der Waals surface area contributed by atoms with Crippen molar-refractivity contribution >= 4 is 0 Å². The van der Waals surface area contributed by atoms with Gasteiger partial charge in [0.2, 0.25) is 0 Å². The molecule has 0 spiro atoms. The topological polar surface area (TPSA) is 15.3 Å². The molecule has 0 aliphatic carbocycles. The third-order valence-electron chi connectivity index (χ3n) is 4.09. The Morgan fingerprint density at radius 2 is 2.00 bits per heavy atom. The molecule has 0 bridgehead atoms. The van der Waals surface area contributed by atoms with Gasteiger partial charge in [-0.3, -0.25) is 0 Å². The number of hydrogen-bond acceptors (Lipinski definition) is 2. The molecule has 20 heavy (non-hydrogen) atoms. The van der Waals surface area contributed by atoms with E-state index in [1.165, 1.54) is 17.5 Å². The van der Waals surface area contributed by atoms with Crippen molar-refractivity contribution in [3.8, 4) is 0 Å². The van der Waals surface area contributed by atoms with Gasteiger partial charge < -0.3 is 10.2 Å². The second-order valence-corrected chi connectivity index (χ2v) is 6.83. The number of rotatable bonds is 8. The molecule has 2 nitrogen and oxygen atoms in total. The molecule has 1 aromatic carbocycles. The zero-order chi connectivity index (χ0) is 15.2. The Bertz CT molecular complexity index is 398. The maximum Gasteiger partial charge on any atom is 0.0231 e. The van der Waals surface area contributed by atoms with Crippen LogP contribution in [0.15, 0.2) is 24.3 Å². The molecule has 0 fully saturated rings. The van der Waals surface area contributed by atoms with Crippen LogP contribution < -0.4 is 5.32 Å². The highest BCUT2D eigenvalue weighted by Gasteiger charge is 2.26. The average Bonchev–Trinajstić information content (AvgIpc) is 2.34. The van der Waals surface area contributed by atoms with E-state index in [0.717, 1.165) is 19.6 Å². The lowest BCUT2D eigenvalue weighted by Crippen LogP contribution is -2.46. The molecule has 2 heteroatoms. The van der Waals surface area contributed by atoms with Gasteiger partial charge in [-0.15, -0.1) is 0 Å². The van der Waals surface area contributed by atoms with E-state index in [1.54, 1.807) is 0 Å². The average molecular weight is 276 g/mol. The van der Waals surface area contributed by atoms with Gasteiger partial charge in [0.1, 0.15) is 0 Å². The van der Waals surface area contributed by atoms with Crippen molar-refractivity contribution < 1.29 is 0 Å². The Labute approximate surface area is 125 Å². The first-order chi connectivity index (χ1) is 9.35. The number of nitrogens with zero attached hydrogens (tertiary/aromatic N) is 1. The number of benzene rings is 1. The minimum Gasteiger partial charge on any atom is -0.314 e. The molecule has 114 valence electrons. The van der Waals surface area contributed by atoms with Crippen molar-refractivity contribution in [3.05, 3.63) is 35.4 Å². The van der Waals surface area contributed by atoms with Gasteiger partial charge in [-0.25, -0.2) is 0 Å². The SMILES string of the molecule is CCCNC(C)C(C)(C)CN(C)Cc1cccc(C)c1. The fraction of sp³-hybridized carbons (Fsp3) is 0.667. The summed E-state index contributed by atoms with van der Waals surface area (Å²) in [6.07, 6.45) is 1.19. The van der Waals surface area contributed by atoms with E-state index in [1.807, 2.05) is 0 Å². The van der Waals surface area contributed by atoms with Gasteiger partial charge >= 0.3 is 0 Å². The van der Waals surface area contributed by atoms with Crippen LogP contribution in [0.25, 0.3) is 0 Å². The molecule has 0 aromatic heterocycles. The van der Waals surface area contributed by atoms with Gasteiger partial charge in [0, 0.05) is 19.1 Å². The molecule has 1 unspecified atom stereocenters. The van der Waals surface area contributed by atoms with Crippen LogP contribution in [0.5, 0.6) is 0 Å². The molecule has 0 amide bonds. The van der Waals surface area contributed by atoms with Gasteiger partial charge in [-0.05, 0) is 44.8 Å². The van der Waals surface area contributed by atoms with Crippen LogP contribution in [0, 0.1) is 12.3 Å². The van der Waals surface area contributed by atoms with E-state index < -0.39 is 0 Å². The van der Waals surface area contributed by atoms with Crippen LogP contribution in [0.1, 0.15) is 45.2 Å². The molecule has 0 radical (unpaired) electrons. The fourth-order valence-electron chi connectivity index (χ4n) is 2.65. The normalized spacial score (nSPS) is 13.8. The molecule has 0 heterocycles. The fourth-order valence-corrected chi connectivity index (χ4v) is 2.65. The Morgan fingerprint density at radius 3 is 2.60 bits per heavy atom. The van der Waals surface area contributed by atoms with E-state index in [2.05, 4.69) is 76.1 Å². The molecule has 0 aliphatic rings. The van der Waals surface area contributed by atoms with E-state index in [9.17, 15) is 0 Å². The lowest BCUT2D eigenvalue weighted by Gasteiger charge is -2.36. The molecule has 1 rings (SSSR count). The van der Waals surface area contributed by atoms with Crippen LogP contribution in [-0.4, -0.2) is 31.1 Å². The van der Waals surface area contributed by atoms with E-state index >= 15 is 0 Å². The predicted molar refractivity (Wildman–Crippen MR) is 89.0 cm³/mol. The van der Waals surface area contributed by atoms with Crippen molar-refractivity contribution in [2.24, 2.45) is 5.41 Å². The lowest BCUT2D eigenvalue weighted by molar-refractivity contribution is 0.160. The van der Waals surface area contributed by atoms with Crippen molar-refractivity contribution in [1.82, 2.24) is 10.2 Å². The van der Waals surface area contributed by atoms with Crippen molar-refractivity contribution in [1.29, 1.82) is 0 Å². The van der Waals surface area contributed by atoms with Crippen LogP contribution in [0.2, 0.25) is 0 Å². The third-order valence-corrected chi connectivity index (χ3v) is 4.09. The summed E-state index contributed by atoms with van der Waals surface area (Å²) in [5, 5.41) is 3.62. The highest BCUT2D eigenvalue weighted by molar-refractivity contribution is 5.22. The molecular weight excluding hydrogens is 244 g/mol. The molecule has 1 atom stereocenters. The summed E-state index contributed by atoms with van der Waals surface area (Å²) in [4.78, 5) is 2.43. The Morgan fingerprint density at radius 1 is 1.30 bits per heavy atom. The first kappa shape index (κ1) is 17.2. The van der Waals surface area contributed by atoms with Gasteiger partial charge in [0.15, 0.2) is 0 Å². The number of aryl methyl sites for hydroxylation is 1. The van der Waals surface area contributed by atoms with Gasteiger partial charge in [-0.2, -0.15) is 0 Å². The number of hydrogen-bond donors (Lipinski definition) is 1. The van der Waals surface area contributed by atoms with Crippen LogP contribution in [0.3, 0.4) is 0 Å². The first-order valence-corrected chi connectivity index (χ1v) is 7.82. The Hall–Kier alpha value is -0.860. The lowest BCUT2D eigenvalue weighted by atomic mass is 9.84. The largest absolute Gasteiger partial charge is 0.314 e. The quantitative estimate of drug-likeness (QED) is 0.776. The highest BCUT2D eigenvalue weighted by atomic mass is 15.1. The first-order valence-electron chi connectivity index (χ1n) is 7.82. The summed E-state index contributed by atoms with van der Waals surface area (Å²) in [5.41, 5.74) is 3.01. The van der Waals surface area contributed by atoms with Gasteiger partial charge in [0.05, 0.1) is 0 Å². The summed E-state index contributed by atoms with van der Waals surface area (Å²) in [7, 11) is 2.22. The smallest absolute Gasteiger partial charge is 0.0231 e. The van der Waals surface area contributed by atoms with Crippen molar-refractivity contribution in [2.45, 2.75) is 53.6 Å². The van der Waals surface area contributed by atoms with Crippen molar-refractivity contribution in [3.63, 3.8) is 0 Å². The highest BCUT2D eigenvalue weighted by Crippen LogP contribution is 2.22. The monoisotopic (exact) mass is 276 g/mol. The van der Waals surface area contributed by atoms with Crippen LogP contribution in [-0.2, 0) is 6.54 Å². The maximum atomic E-state index is 3.62. The van der Waals surface area contributed by atoms with E-state index in [-0.39, 0.29) is 5.41 Å². The Kier molecular flexibility index (Phi) is 6.70. The van der Waals surface area contributed by atoms with Crippen LogP contribution in [0.4, 0.5) is 0 Å². The van der Waals surface area contributed by atoms with E-state index in [0.29, 0.717) is 6.04 Å². The zero-order valence-electron chi connectivity index (χ0n) is 14.2. The third kappa shape index (κ3) is 5.64. The predicted octanol–water partition coefficient (Wildman–Crippen LogP) is 3.84. The molecule has 0 aliphatic heterocycles. The standard InChI is InChI=1S/C18H32N2/c1-7-11-19-16(3)18(4,5)14-20(6)13-17-10-8-9-15(2)12-17/h8-10,12,16,19H,7,11,13-14H2,1-6H3. The second-order valence-electron chi connectivity index (χ2n) is 6.83. The summed E-state index contributed by atoms with van der Waals surface area (Å²) < 4.78 is 0. The summed E-state index contributed by atoms with van der Waals surface area (Å²) in [5.74, 6) is 0. The van der Waals surface area contributed by atoms with Gasteiger partial charge in [-0.1, -0.05) is 50.6 Å². The zero-order valence-corrected chi connectivity index (χ0v) is 14.2. The van der Waals surface area contributed by atoms with E-state index in [4.69, 9.17) is 0 Å². The summed E-state index contributed by atoms with van der Waals surface area (Å²) in [6.45, 7) is 14.6. The van der Waals surface area contributed by atoms with Crippen LogP contribution >= 0.6 is 0 Å². The molecule has 0 saturated carbocycles. The Balaban J connectivity index is 2.53. The van der Waals surface area contributed by atoms with Gasteiger partial charge in [0.25, 0.3) is 0 Å². The molecule has 1 aromatic rings. The molecule has 0 saturated heterocycles. The second kappa shape index (κ2) is 7.80. The minimum absolute atomic E-state index is 0.272. The number of nitrogens with one attached hydrogen (secondary N) is 1. The minimum atomic E-state index is 0.272.